The average molecular weight is 342 g/mol. The van der Waals surface area contributed by atoms with Gasteiger partial charge in [-0.05, 0) is 25.1 Å². The van der Waals surface area contributed by atoms with Gasteiger partial charge in [-0.25, -0.2) is 4.79 Å². The number of nitrogens with zero attached hydrogens (tertiary/aromatic N) is 2. The Kier molecular flexibility index (Phi) is 4.23. The molecule has 3 heterocycles. The number of carboxylic acid groups (broad SMARTS) is 1. The Hall–Kier alpha value is -1.78. The molecule has 0 saturated carbocycles. The summed E-state index contributed by atoms with van der Waals surface area (Å²) in [6.07, 6.45) is 1.83. The minimum Gasteiger partial charge on any atom is -0.478 e. The van der Waals surface area contributed by atoms with Crippen LogP contribution in [0.25, 0.3) is 0 Å². The molecule has 0 aromatic carbocycles. The molecule has 0 spiro atoms. The van der Waals surface area contributed by atoms with Gasteiger partial charge in [-0.15, -0.1) is 5.10 Å². The quantitative estimate of drug-likeness (QED) is 0.684. The molecule has 1 aromatic heterocycles. The molecule has 0 aliphatic carbocycles. The monoisotopic (exact) mass is 342 g/mol. The lowest BCUT2D eigenvalue weighted by molar-refractivity contribution is -0.132. The van der Waals surface area contributed by atoms with Crippen molar-refractivity contribution in [1.82, 2.24) is 15.1 Å². The summed E-state index contributed by atoms with van der Waals surface area (Å²) in [5.74, 6) is -1.47. The first kappa shape index (κ1) is 15.1. The number of anilines is 1. The van der Waals surface area contributed by atoms with Gasteiger partial charge in [0.15, 0.2) is 3.95 Å². The van der Waals surface area contributed by atoms with Crippen molar-refractivity contribution in [2.45, 2.75) is 18.9 Å². The highest BCUT2D eigenvalue weighted by Gasteiger charge is 2.36. The van der Waals surface area contributed by atoms with E-state index in [2.05, 4.69) is 15.5 Å². The average Bonchev–Trinajstić information content (AvgIpc) is 3.17. The predicted molar refractivity (Wildman–Crippen MR) is 81.1 cm³/mol. The number of aromatic nitrogens is 2. The number of carbonyl (C=O) groups excluding carboxylic acids is 1. The van der Waals surface area contributed by atoms with Gasteiger partial charge in [0.05, 0.1) is 18.2 Å². The molecule has 8 nitrogen and oxygen atoms in total. The molecule has 1 saturated heterocycles. The summed E-state index contributed by atoms with van der Waals surface area (Å²) in [5.41, 5.74) is 0.0763. The fraction of sp³-hybridized carbons (Fsp3) is 0.500. The summed E-state index contributed by atoms with van der Waals surface area (Å²) in [4.78, 5) is 25.3. The minimum atomic E-state index is -1.12. The lowest BCUT2D eigenvalue weighted by atomic mass is 10.2. The maximum Gasteiger partial charge on any atom is 0.335 e. The molecular weight excluding hydrogens is 328 g/mol. The lowest BCUT2D eigenvalue weighted by Gasteiger charge is -2.20. The van der Waals surface area contributed by atoms with E-state index >= 15 is 0 Å². The Balaban J connectivity index is 1.77. The van der Waals surface area contributed by atoms with Crippen LogP contribution in [0.1, 0.15) is 12.8 Å². The van der Waals surface area contributed by atoms with Crippen molar-refractivity contribution in [3.05, 3.63) is 15.2 Å². The van der Waals surface area contributed by atoms with E-state index in [1.807, 2.05) is 0 Å². The zero-order chi connectivity index (χ0) is 15.7. The molecule has 22 heavy (non-hydrogen) atoms. The summed E-state index contributed by atoms with van der Waals surface area (Å²) >= 11 is 6.06. The molecule has 3 rings (SSSR count). The van der Waals surface area contributed by atoms with Gasteiger partial charge >= 0.3 is 5.97 Å². The van der Waals surface area contributed by atoms with Crippen LogP contribution in [-0.4, -0.2) is 57.9 Å². The number of hydrogen-bond acceptors (Lipinski definition) is 7. The molecule has 1 aromatic rings. The molecule has 2 aliphatic heterocycles. The number of hydrogen-bond donors (Lipinski definition) is 3. The van der Waals surface area contributed by atoms with E-state index in [0.717, 1.165) is 24.2 Å². The molecule has 1 fully saturated rings. The molecule has 0 unspecified atom stereocenters. The number of carbonyl (C=O) groups is 2. The Morgan fingerprint density at radius 3 is 3.05 bits per heavy atom. The number of rotatable bonds is 5. The molecule has 0 bridgehead atoms. The first-order chi connectivity index (χ1) is 10.5. The van der Waals surface area contributed by atoms with Crippen LogP contribution in [0.3, 0.4) is 0 Å². The van der Waals surface area contributed by atoms with Crippen LogP contribution in [0.4, 0.5) is 5.13 Å². The van der Waals surface area contributed by atoms with Crippen LogP contribution in [0, 0.1) is 3.95 Å². The van der Waals surface area contributed by atoms with Crippen molar-refractivity contribution in [3.8, 4) is 0 Å². The van der Waals surface area contributed by atoms with E-state index in [9.17, 15) is 14.7 Å². The van der Waals surface area contributed by atoms with Gasteiger partial charge in [-0.1, -0.05) is 11.3 Å². The van der Waals surface area contributed by atoms with Crippen molar-refractivity contribution in [2.24, 2.45) is 0 Å². The highest BCUT2D eigenvalue weighted by Crippen LogP contribution is 2.25. The van der Waals surface area contributed by atoms with Crippen molar-refractivity contribution < 1.29 is 19.4 Å². The van der Waals surface area contributed by atoms with Crippen LogP contribution < -0.4 is 5.32 Å². The van der Waals surface area contributed by atoms with E-state index < -0.39 is 5.97 Å². The van der Waals surface area contributed by atoms with Gasteiger partial charge in [0.2, 0.25) is 5.13 Å². The standard InChI is InChI=1S/C12H14N4O4S2/c17-9-8(13-11-14-15-12(21)22-11)7(10(18)19)5-16(9)4-6-2-1-3-20-6/h6H,1-5H2,(H,13,14)(H,15,21)(H,18,19)/t6-/m1/s1. The number of amides is 1. The van der Waals surface area contributed by atoms with Gasteiger partial charge in [0.1, 0.15) is 5.70 Å². The summed E-state index contributed by atoms with van der Waals surface area (Å²) in [7, 11) is 0. The van der Waals surface area contributed by atoms with Crippen LogP contribution in [0.2, 0.25) is 0 Å². The Labute approximate surface area is 134 Å². The van der Waals surface area contributed by atoms with E-state index in [0.29, 0.717) is 22.2 Å². The second kappa shape index (κ2) is 6.15. The first-order valence-corrected chi connectivity index (χ1v) is 7.97. The zero-order valence-corrected chi connectivity index (χ0v) is 13.1. The normalized spacial score (nSPS) is 21.7. The Morgan fingerprint density at radius 2 is 2.45 bits per heavy atom. The molecular formula is C12H14N4O4S2. The van der Waals surface area contributed by atoms with Gasteiger partial charge in [-0.3, -0.25) is 9.89 Å². The molecule has 118 valence electrons. The first-order valence-electron chi connectivity index (χ1n) is 6.74. The second-order valence-electron chi connectivity index (χ2n) is 5.02. The number of nitrogens with one attached hydrogen (secondary N) is 2. The maximum absolute atomic E-state index is 12.4. The summed E-state index contributed by atoms with van der Waals surface area (Å²) in [6.45, 7) is 1.15. The summed E-state index contributed by atoms with van der Waals surface area (Å²) in [6, 6.07) is 0. The lowest BCUT2D eigenvalue weighted by Crippen LogP contribution is -2.35. The predicted octanol–water partition coefficient (Wildman–Crippen LogP) is 0.972. The maximum atomic E-state index is 12.4. The summed E-state index contributed by atoms with van der Waals surface area (Å²) in [5, 5.41) is 18.9. The third-order valence-corrected chi connectivity index (χ3v) is 4.53. The molecule has 2 aliphatic rings. The fourth-order valence-corrected chi connectivity index (χ4v) is 3.30. The van der Waals surface area contributed by atoms with Gasteiger partial charge in [-0.2, -0.15) is 0 Å². The van der Waals surface area contributed by atoms with E-state index in [-0.39, 0.29) is 29.8 Å². The molecule has 3 N–H and O–H groups in total. The van der Waals surface area contributed by atoms with Gasteiger partial charge in [0, 0.05) is 13.2 Å². The van der Waals surface area contributed by atoms with Crippen LogP contribution in [-0.2, 0) is 14.3 Å². The molecule has 0 radical (unpaired) electrons. The topological polar surface area (TPSA) is 108 Å². The third-order valence-electron chi connectivity index (χ3n) is 3.53. The van der Waals surface area contributed by atoms with E-state index in [1.165, 1.54) is 4.90 Å². The van der Waals surface area contributed by atoms with Gasteiger partial charge < -0.3 is 20.1 Å². The van der Waals surface area contributed by atoms with E-state index in [1.54, 1.807) is 0 Å². The number of H-pyrrole nitrogens is 1. The van der Waals surface area contributed by atoms with Crippen molar-refractivity contribution in [2.75, 3.05) is 25.0 Å². The highest BCUT2D eigenvalue weighted by molar-refractivity contribution is 7.73. The zero-order valence-electron chi connectivity index (χ0n) is 11.5. The third kappa shape index (κ3) is 3.03. The van der Waals surface area contributed by atoms with Crippen LogP contribution in [0.15, 0.2) is 11.3 Å². The van der Waals surface area contributed by atoms with Crippen molar-refractivity contribution in [3.63, 3.8) is 0 Å². The number of aromatic amines is 1. The Morgan fingerprint density at radius 1 is 1.64 bits per heavy atom. The van der Waals surface area contributed by atoms with Crippen molar-refractivity contribution >= 4 is 40.6 Å². The Bertz CT molecular complexity index is 689. The molecule has 1 amide bonds. The van der Waals surface area contributed by atoms with Gasteiger partial charge in [0.25, 0.3) is 5.91 Å². The minimum absolute atomic E-state index is 0.0224. The van der Waals surface area contributed by atoms with Crippen LogP contribution >= 0.6 is 23.6 Å². The number of aliphatic carboxylic acids is 1. The molecule has 10 heteroatoms. The fourth-order valence-electron chi connectivity index (χ4n) is 2.50. The number of ether oxygens (including phenoxy) is 1. The van der Waals surface area contributed by atoms with Crippen LogP contribution in [0.5, 0.6) is 0 Å². The number of carboxylic acids is 1. The SMILES string of the molecule is O=C(O)C1=C(Nc2n[nH]c(=S)s2)C(=O)N(C[C@H]2CCCO2)C1. The van der Waals surface area contributed by atoms with E-state index in [4.69, 9.17) is 17.0 Å². The summed E-state index contributed by atoms with van der Waals surface area (Å²) < 4.78 is 5.95. The van der Waals surface area contributed by atoms with Crippen molar-refractivity contribution in [1.29, 1.82) is 0 Å². The molecule has 1 atom stereocenters. The largest absolute Gasteiger partial charge is 0.478 e. The second-order valence-corrected chi connectivity index (χ2v) is 6.69. The smallest absolute Gasteiger partial charge is 0.335 e. The highest BCUT2D eigenvalue weighted by atomic mass is 32.1.